The van der Waals surface area contributed by atoms with Crippen molar-refractivity contribution >= 4 is 12.4 Å². The van der Waals surface area contributed by atoms with Crippen molar-refractivity contribution in [3.05, 3.63) is 23.5 Å². The zero-order valence-corrected chi connectivity index (χ0v) is 10.6. The lowest BCUT2D eigenvalue weighted by Crippen LogP contribution is -2.37. The Morgan fingerprint density at radius 2 is 2.18 bits per heavy atom. The fourth-order valence-corrected chi connectivity index (χ4v) is 2.33. The van der Waals surface area contributed by atoms with E-state index < -0.39 is 0 Å². The first-order valence-electron chi connectivity index (χ1n) is 6.34. The average molecular weight is 227 g/mol. The Hall–Kier alpha value is -1.50. The minimum Gasteiger partial charge on any atom is -0.371 e. The van der Waals surface area contributed by atoms with Crippen LogP contribution in [0.5, 0.6) is 0 Å². The standard InChI is InChI=1S/C13H18BN3/c1-3-12-8-13(11(2)16-9-12)17-6-4-14(10-15)5-7-17/h8-9H,3-7H2,1-2H3. The monoisotopic (exact) mass is 227 g/mol. The van der Waals surface area contributed by atoms with Gasteiger partial charge in [0.2, 0.25) is 0 Å². The van der Waals surface area contributed by atoms with Gasteiger partial charge in [0, 0.05) is 25.3 Å². The molecule has 0 atom stereocenters. The summed E-state index contributed by atoms with van der Waals surface area (Å²) in [5, 5.41) is 8.90. The van der Waals surface area contributed by atoms with Crippen molar-refractivity contribution in [2.24, 2.45) is 0 Å². The molecule has 0 N–H and O–H groups in total. The molecule has 88 valence electrons. The lowest BCUT2D eigenvalue weighted by Gasteiger charge is -2.31. The van der Waals surface area contributed by atoms with Crippen LogP contribution in [0.2, 0.25) is 12.6 Å². The number of hydrogen-bond donors (Lipinski definition) is 0. The van der Waals surface area contributed by atoms with Gasteiger partial charge in [-0.1, -0.05) is 6.92 Å². The molecule has 4 heteroatoms. The van der Waals surface area contributed by atoms with Gasteiger partial charge in [0.15, 0.2) is 0 Å². The highest BCUT2D eigenvalue weighted by molar-refractivity contribution is 6.67. The Kier molecular flexibility index (Phi) is 3.68. The minimum atomic E-state index is 0.244. The van der Waals surface area contributed by atoms with Crippen LogP contribution in [-0.2, 0) is 6.42 Å². The number of aromatic nitrogens is 1. The van der Waals surface area contributed by atoms with Gasteiger partial charge in [-0.3, -0.25) is 4.98 Å². The Balaban J connectivity index is 2.15. The highest BCUT2D eigenvalue weighted by atomic mass is 15.1. The van der Waals surface area contributed by atoms with Gasteiger partial charge in [0.25, 0.3) is 6.71 Å². The molecular weight excluding hydrogens is 209 g/mol. The third-order valence-electron chi connectivity index (χ3n) is 3.54. The predicted octanol–water partition coefficient (Wildman–Crippen LogP) is 2.33. The van der Waals surface area contributed by atoms with Crippen molar-refractivity contribution < 1.29 is 0 Å². The summed E-state index contributed by atoms with van der Waals surface area (Å²) < 4.78 is 0. The molecule has 1 aromatic heterocycles. The van der Waals surface area contributed by atoms with Gasteiger partial charge in [0.1, 0.15) is 0 Å². The second-order valence-electron chi connectivity index (χ2n) is 4.69. The van der Waals surface area contributed by atoms with Crippen LogP contribution in [0.4, 0.5) is 5.69 Å². The third-order valence-corrected chi connectivity index (χ3v) is 3.54. The van der Waals surface area contributed by atoms with E-state index >= 15 is 0 Å². The van der Waals surface area contributed by atoms with Crippen molar-refractivity contribution in [3.63, 3.8) is 0 Å². The molecule has 3 nitrogen and oxygen atoms in total. The average Bonchev–Trinajstić information content (AvgIpc) is 2.39. The fraction of sp³-hybridized carbons (Fsp3) is 0.538. The number of aryl methyl sites for hydroxylation is 2. The van der Waals surface area contributed by atoms with Crippen molar-refractivity contribution in [2.45, 2.75) is 32.9 Å². The van der Waals surface area contributed by atoms with Gasteiger partial charge >= 0.3 is 0 Å². The number of hydrogen-bond acceptors (Lipinski definition) is 3. The van der Waals surface area contributed by atoms with Crippen molar-refractivity contribution in [2.75, 3.05) is 18.0 Å². The molecule has 0 bridgehead atoms. The van der Waals surface area contributed by atoms with Gasteiger partial charge in [-0.05, 0) is 37.6 Å². The maximum atomic E-state index is 8.90. The lowest BCUT2D eigenvalue weighted by molar-refractivity contribution is 0.811. The van der Waals surface area contributed by atoms with Crippen LogP contribution in [0.1, 0.15) is 18.2 Å². The third kappa shape index (κ3) is 2.61. The maximum Gasteiger partial charge on any atom is 0.271 e. The largest absolute Gasteiger partial charge is 0.371 e. The summed E-state index contributed by atoms with van der Waals surface area (Å²) >= 11 is 0. The summed E-state index contributed by atoms with van der Waals surface area (Å²) in [6.45, 7) is 6.42. The van der Waals surface area contributed by atoms with Crippen molar-refractivity contribution in [3.8, 4) is 5.97 Å². The second-order valence-corrected chi connectivity index (χ2v) is 4.69. The van der Waals surface area contributed by atoms with E-state index in [2.05, 4.69) is 35.8 Å². The highest BCUT2D eigenvalue weighted by Gasteiger charge is 2.23. The highest BCUT2D eigenvalue weighted by Crippen LogP contribution is 2.24. The maximum absolute atomic E-state index is 8.90. The van der Waals surface area contributed by atoms with E-state index in [0.717, 1.165) is 37.8 Å². The molecule has 0 aromatic carbocycles. The summed E-state index contributed by atoms with van der Waals surface area (Å²) in [5.41, 5.74) is 3.63. The molecule has 0 spiro atoms. The van der Waals surface area contributed by atoms with E-state index in [1.165, 1.54) is 11.3 Å². The van der Waals surface area contributed by atoms with Crippen LogP contribution in [-0.4, -0.2) is 24.8 Å². The molecule has 0 unspecified atom stereocenters. The fourth-order valence-electron chi connectivity index (χ4n) is 2.33. The molecule has 1 saturated heterocycles. The van der Waals surface area contributed by atoms with Gasteiger partial charge in [-0.15, -0.1) is 0 Å². The van der Waals surface area contributed by atoms with Crippen LogP contribution < -0.4 is 4.90 Å². The SMILES string of the molecule is CCc1cnc(C)c(N2CCB(C#N)CC2)c1. The Labute approximate surface area is 104 Å². The smallest absolute Gasteiger partial charge is 0.271 e. The Bertz CT molecular complexity index is 431. The molecule has 2 rings (SSSR count). The van der Waals surface area contributed by atoms with Crippen LogP contribution in [0.3, 0.4) is 0 Å². The Morgan fingerprint density at radius 3 is 2.76 bits per heavy atom. The van der Waals surface area contributed by atoms with Crippen molar-refractivity contribution in [1.29, 1.82) is 5.26 Å². The zero-order chi connectivity index (χ0) is 12.3. The van der Waals surface area contributed by atoms with Crippen molar-refractivity contribution in [1.82, 2.24) is 4.98 Å². The molecule has 1 aromatic rings. The number of nitrogens with zero attached hydrogens (tertiary/aromatic N) is 3. The lowest BCUT2D eigenvalue weighted by atomic mass is 9.45. The summed E-state index contributed by atoms with van der Waals surface area (Å²) in [6, 6.07) is 2.25. The molecule has 2 heterocycles. The molecule has 1 aliphatic heterocycles. The molecule has 17 heavy (non-hydrogen) atoms. The van der Waals surface area contributed by atoms with E-state index in [1.54, 1.807) is 0 Å². The summed E-state index contributed by atoms with van der Waals surface area (Å²) in [6.07, 6.45) is 4.94. The first-order chi connectivity index (χ1) is 8.24. The molecule has 0 radical (unpaired) electrons. The Morgan fingerprint density at radius 1 is 1.47 bits per heavy atom. The second kappa shape index (κ2) is 5.22. The molecule has 1 aliphatic rings. The van der Waals surface area contributed by atoms with Crippen LogP contribution in [0.15, 0.2) is 12.3 Å². The van der Waals surface area contributed by atoms with Gasteiger partial charge in [-0.2, -0.15) is 0 Å². The number of pyridine rings is 1. The number of nitriles is 1. The van der Waals surface area contributed by atoms with Crippen LogP contribution in [0, 0.1) is 18.2 Å². The van der Waals surface area contributed by atoms with E-state index in [0.29, 0.717) is 0 Å². The summed E-state index contributed by atoms with van der Waals surface area (Å²) in [7, 11) is 0. The first kappa shape index (κ1) is 12.0. The summed E-state index contributed by atoms with van der Waals surface area (Å²) in [4.78, 5) is 6.83. The molecular formula is C13H18BN3. The van der Waals surface area contributed by atoms with E-state index in [9.17, 15) is 0 Å². The normalized spacial score (nSPS) is 15.8. The number of anilines is 1. The zero-order valence-electron chi connectivity index (χ0n) is 10.6. The van der Waals surface area contributed by atoms with E-state index in [1.807, 2.05) is 6.20 Å². The summed E-state index contributed by atoms with van der Waals surface area (Å²) in [5.74, 6) is 2.37. The topological polar surface area (TPSA) is 39.9 Å². The molecule has 0 amide bonds. The van der Waals surface area contributed by atoms with Gasteiger partial charge in [-0.25, -0.2) is 5.26 Å². The van der Waals surface area contributed by atoms with Gasteiger partial charge in [0.05, 0.1) is 11.4 Å². The quantitative estimate of drug-likeness (QED) is 0.728. The first-order valence-corrected chi connectivity index (χ1v) is 6.34. The number of rotatable bonds is 2. The van der Waals surface area contributed by atoms with E-state index in [-0.39, 0.29) is 6.71 Å². The van der Waals surface area contributed by atoms with Crippen LogP contribution >= 0.6 is 0 Å². The molecule has 1 fully saturated rings. The van der Waals surface area contributed by atoms with Gasteiger partial charge < -0.3 is 4.90 Å². The van der Waals surface area contributed by atoms with E-state index in [4.69, 9.17) is 5.26 Å². The predicted molar refractivity (Wildman–Crippen MR) is 71.5 cm³/mol. The molecule has 0 saturated carbocycles. The van der Waals surface area contributed by atoms with Crippen LogP contribution in [0.25, 0.3) is 0 Å². The minimum absolute atomic E-state index is 0.244. The molecule has 0 aliphatic carbocycles.